The van der Waals surface area contributed by atoms with Gasteiger partial charge in [-0.15, -0.1) is 0 Å². The van der Waals surface area contributed by atoms with Crippen molar-refractivity contribution in [2.45, 2.75) is 38.9 Å². The molecule has 1 heterocycles. The van der Waals surface area contributed by atoms with Crippen molar-refractivity contribution in [3.63, 3.8) is 0 Å². The van der Waals surface area contributed by atoms with Crippen LogP contribution < -0.4 is 0 Å². The molecule has 86 valence electrons. The first kappa shape index (κ1) is 10.7. The second-order valence-electron chi connectivity index (χ2n) is 4.91. The molecular weight excluding hydrogens is 194 g/mol. The van der Waals surface area contributed by atoms with Crippen molar-refractivity contribution in [2.75, 3.05) is 13.1 Å². The number of carbonyl (C=O) groups is 1. The summed E-state index contributed by atoms with van der Waals surface area (Å²) in [6, 6.07) is 0. The van der Waals surface area contributed by atoms with Gasteiger partial charge in [-0.05, 0) is 32.6 Å². The van der Waals surface area contributed by atoms with Gasteiger partial charge >= 0.3 is 6.09 Å². The van der Waals surface area contributed by atoms with E-state index in [1.165, 1.54) is 0 Å². The van der Waals surface area contributed by atoms with E-state index in [4.69, 9.17) is 4.74 Å². The zero-order valence-corrected chi connectivity index (χ0v) is 9.35. The molecule has 0 aromatic rings. The number of amides is 1. The summed E-state index contributed by atoms with van der Waals surface area (Å²) in [5.74, 6) is 0.768. The Balaban J connectivity index is 1.90. The zero-order valence-electron chi connectivity index (χ0n) is 9.35. The Hall–Kier alpha value is -0.770. The first-order valence-corrected chi connectivity index (χ1v) is 5.71. The Kier molecular flexibility index (Phi) is 2.87. The number of carbonyl (C=O) groups excluding carboxylic acids is 1. The first-order chi connectivity index (χ1) is 7.08. The van der Waals surface area contributed by atoms with Crippen LogP contribution in [0.3, 0.4) is 0 Å². The number of hydrogen-bond acceptors (Lipinski definition) is 3. The molecule has 4 heteroatoms. The summed E-state index contributed by atoms with van der Waals surface area (Å²) >= 11 is 0. The molecule has 0 aromatic heterocycles. The lowest BCUT2D eigenvalue weighted by Gasteiger charge is -2.19. The minimum absolute atomic E-state index is 0.0668. The van der Waals surface area contributed by atoms with Crippen molar-refractivity contribution in [3.05, 3.63) is 0 Å². The number of hydrogen-bond donors (Lipinski definition) is 1. The monoisotopic (exact) mass is 213 g/mol. The van der Waals surface area contributed by atoms with Crippen LogP contribution in [0.15, 0.2) is 0 Å². The van der Waals surface area contributed by atoms with Crippen LogP contribution >= 0.6 is 0 Å². The van der Waals surface area contributed by atoms with Crippen LogP contribution in [0.1, 0.15) is 26.7 Å². The lowest BCUT2D eigenvalue weighted by molar-refractivity contribution is 0.0760. The average molecular weight is 213 g/mol. The normalized spacial score (nSPS) is 34.7. The van der Waals surface area contributed by atoms with Crippen molar-refractivity contribution in [3.8, 4) is 0 Å². The molecule has 0 aromatic carbocycles. The van der Waals surface area contributed by atoms with E-state index in [0.717, 1.165) is 19.4 Å². The molecule has 0 radical (unpaired) electrons. The summed E-state index contributed by atoms with van der Waals surface area (Å²) in [6.45, 7) is 5.12. The Morgan fingerprint density at radius 3 is 2.73 bits per heavy atom. The average Bonchev–Trinajstić information content (AvgIpc) is 2.67. The van der Waals surface area contributed by atoms with Gasteiger partial charge in [0.15, 0.2) is 0 Å². The smallest absolute Gasteiger partial charge is 0.410 e. The minimum Gasteiger partial charge on any atom is -0.447 e. The molecule has 0 spiro atoms. The molecule has 2 rings (SSSR count). The molecule has 1 saturated carbocycles. The standard InChI is InChI=1S/C11H19NO3/c1-7(2)15-11(14)12-5-8-3-4-10(13)9(8)6-12/h7-10,13H,3-6H2,1-2H3. The van der Waals surface area contributed by atoms with Crippen molar-refractivity contribution >= 4 is 6.09 Å². The van der Waals surface area contributed by atoms with E-state index >= 15 is 0 Å². The molecular formula is C11H19NO3. The fraction of sp³-hybridized carbons (Fsp3) is 0.909. The lowest BCUT2D eigenvalue weighted by atomic mass is 10.00. The van der Waals surface area contributed by atoms with Crippen LogP contribution in [0.25, 0.3) is 0 Å². The SMILES string of the molecule is CC(C)OC(=O)N1CC2CCC(O)C2C1. The number of fused-ring (bicyclic) bond motifs is 1. The van der Waals surface area contributed by atoms with Crippen LogP contribution in [0.2, 0.25) is 0 Å². The first-order valence-electron chi connectivity index (χ1n) is 5.71. The Morgan fingerprint density at radius 1 is 1.40 bits per heavy atom. The Morgan fingerprint density at radius 2 is 2.13 bits per heavy atom. The largest absolute Gasteiger partial charge is 0.447 e. The molecule has 1 N–H and O–H groups in total. The maximum absolute atomic E-state index is 11.6. The number of likely N-dealkylation sites (tertiary alicyclic amines) is 1. The molecule has 0 bridgehead atoms. The van der Waals surface area contributed by atoms with Crippen LogP contribution in [-0.2, 0) is 4.74 Å². The van der Waals surface area contributed by atoms with Crippen LogP contribution in [-0.4, -0.2) is 41.4 Å². The maximum Gasteiger partial charge on any atom is 0.410 e. The van der Waals surface area contributed by atoms with E-state index in [-0.39, 0.29) is 24.2 Å². The second kappa shape index (κ2) is 4.00. The third kappa shape index (κ3) is 2.09. The van der Waals surface area contributed by atoms with Crippen molar-refractivity contribution in [1.82, 2.24) is 4.90 Å². The predicted octanol–water partition coefficient (Wildman–Crippen LogP) is 1.23. The highest BCUT2D eigenvalue weighted by Gasteiger charge is 2.43. The third-order valence-electron chi connectivity index (χ3n) is 3.41. The second-order valence-corrected chi connectivity index (χ2v) is 4.91. The highest BCUT2D eigenvalue weighted by atomic mass is 16.6. The van der Waals surface area contributed by atoms with Crippen LogP contribution in [0.5, 0.6) is 0 Å². The number of nitrogens with zero attached hydrogens (tertiary/aromatic N) is 1. The van der Waals surface area contributed by atoms with Gasteiger partial charge < -0.3 is 14.7 Å². The molecule has 2 aliphatic rings. The fourth-order valence-corrected chi connectivity index (χ4v) is 2.66. The molecule has 15 heavy (non-hydrogen) atoms. The summed E-state index contributed by atoms with van der Waals surface area (Å²) in [5.41, 5.74) is 0. The summed E-state index contributed by atoms with van der Waals surface area (Å²) in [7, 11) is 0. The van der Waals surface area contributed by atoms with Gasteiger partial charge in [-0.25, -0.2) is 4.79 Å². The Labute approximate surface area is 90.2 Å². The number of ether oxygens (including phenoxy) is 1. The van der Waals surface area contributed by atoms with Gasteiger partial charge in [-0.2, -0.15) is 0 Å². The molecule has 1 saturated heterocycles. The summed E-state index contributed by atoms with van der Waals surface area (Å²) in [5, 5.41) is 9.70. The van der Waals surface area contributed by atoms with Crippen molar-refractivity contribution in [1.29, 1.82) is 0 Å². The molecule has 2 fully saturated rings. The molecule has 1 aliphatic carbocycles. The fourth-order valence-electron chi connectivity index (χ4n) is 2.66. The molecule has 1 amide bonds. The van der Waals surface area contributed by atoms with Crippen LogP contribution in [0.4, 0.5) is 4.79 Å². The van der Waals surface area contributed by atoms with Gasteiger partial charge in [0, 0.05) is 19.0 Å². The van der Waals surface area contributed by atoms with Gasteiger partial charge in [-0.3, -0.25) is 0 Å². The van der Waals surface area contributed by atoms with E-state index < -0.39 is 0 Å². The van der Waals surface area contributed by atoms with E-state index in [1.54, 1.807) is 4.90 Å². The summed E-state index contributed by atoms with van der Waals surface area (Å²) in [4.78, 5) is 13.3. The predicted molar refractivity (Wildman–Crippen MR) is 55.4 cm³/mol. The molecule has 4 nitrogen and oxygen atoms in total. The minimum atomic E-state index is -0.230. The van der Waals surface area contributed by atoms with Gasteiger partial charge in [-0.1, -0.05) is 0 Å². The van der Waals surface area contributed by atoms with Crippen molar-refractivity contribution in [2.24, 2.45) is 11.8 Å². The van der Waals surface area contributed by atoms with E-state index in [9.17, 15) is 9.90 Å². The van der Waals surface area contributed by atoms with Crippen molar-refractivity contribution < 1.29 is 14.6 Å². The van der Waals surface area contributed by atoms with Gasteiger partial charge in [0.1, 0.15) is 0 Å². The third-order valence-corrected chi connectivity index (χ3v) is 3.41. The topological polar surface area (TPSA) is 49.8 Å². The number of rotatable bonds is 1. The van der Waals surface area contributed by atoms with Gasteiger partial charge in [0.25, 0.3) is 0 Å². The Bertz CT molecular complexity index is 254. The van der Waals surface area contributed by atoms with Gasteiger partial charge in [0.05, 0.1) is 12.2 Å². The quantitative estimate of drug-likeness (QED) is 0.712. The lowest BCUT2D eigenvalue weighted by Crippen LogP contribution is -2.33. The summed E-state index contributed by atoms with van der Waals surface area (Å²) < 4.78 is 5.14. The van der Waals surface area contributed by atoms with E-state index in [1.807, 2.05) is 13.8 Å². The molecule has 3 unspecified atom stereocenters. The summed E-state index contributed by atoms with van der Waals surface area (Å²) in [6.07, 6.45) is 1.42. The molecule has 1 aliphatic heterocycles. The number of aliphatic hydroxyl groups excluding tert-OH is 1. The van der Waals surface area contributed by atoms with Gasteiger partial charge in [0.2, 0.25) is 0 Å². The highest BCUT2D eigenvalue weighted by Crippen LogP contribution is 2.38. The maximum atomic E-state index is 11.6. The van der Waals surface area contributed by atoms with E-state index in [0.29, 0.717) is 12.5 Å². The number of aliphatic hydroxyl groups is 1. The molecule has 3 atom stereocenters. The highest BCUT2D eigenvalue weighted by molar-refractivity contribution is 5.68. The van der Waals surface area contributed by atoms with E-state index in [2.05, 4.69) is 0 Å². The van der Waals surface area contributed by atoms with Crippen LogP contribution in [0, 0.1) is 11.8 Å². The zero-order chi connectivity index (χ0) is 11.0.